The SMILES string of the molecule is COc1ccc(C(C)(O)C2CCOC2)c(C)c1. The minimum atomic E-state index is -0.827. The Hall–Kier alpha value is -1.06. The number of aryl methyl sites for hydroxylation is 1. The summed E-state index contributed by atoms with van der Waals surface area (Å²) in [5, 5.41) is 10.7. The Morgan fingerprint density at radius 3 is 2.76 bits per heavy atom. The van der Waals surface area contributed by atoms with E-state index in [9.17, 15) is 5.11 Å². The summed E-state index contributed by atoms with van der Waals surface area (Å²) in [5.41, 5.74) is 1.20. The molecular formula is C14H20O3. The monoisotopic (exact) mass is 236 g/mol. The Kier molecular flexibility index (Phi) is 3.40. The predicted molar refractivity (Wildman–Crippen MR) is 66.2 cm³/mol. The van der Waals surface area contributed by atoms with Crippen LogP contribution in [0.2, 0.25) is 0 Å². The summed E-state index contributed by atoms with van der Waals surface area (Å²) in [7, 11) is 1.65. The van der Waals surface area contributed by atoms with E-state index in [1.54, 1.807) is 7.11 Å². The van der Waals surface area contributed by atoms with Gasteiger partial charge in [0.2, 0.25) is 0 Å². The van der Waals surface area contributed by atoms with Crippen LogP contribution in [0.1, 0.15) is 24.5 Å². The number of rotatable bonds is 3. The Bertz CT molecular complexity index is 392. The first-order chi connectivity index (χ1) is 8.05. The second kappa shape index (κ2) is 4.67. The molecule has 1 aromatic rings. The van der Waals surface area contributed by atoms with Crippen LogP contribution in [-0.4, -0.2) is 25.4 Å². The van der Waals surface area contributed by atoms with Gasteiger partial charge in [-0.2, -0.15) is 0 Å². The van der Waals surface area contributed by atoms with Gasteiger partial charge in [0.25, 0.3) is 0 Å². The van der Waals surface area contributed by atoms with E-state index in [-0.39, 0.29) is 5.92 Å². The van der Waals surface area contributed by atoms with Crippen LogP contribution in [0.4, 0.5) is 0 Å². The zero-order chi connectivity index (χ0) is 12.5. The summed E-state index contributed by atoms with van der Waals surface area (Å²) >= 11 is 0. The highest BCUT2D eigenvalue weighted by Crippen LogP contribution is 2.37. The van der Waals surface area contributed by atoms with Crippen molar-refractivity contribution in [2.75, 3.05) is 20.3 Å². The van der Waals surface area contributed by atoms with Gasteiger partial charge in [0.1, 0.15) is 5.75 Å². The van der Waals surface area contributed by atoms with Crippen LogP contribution in [0.3, 0.4) is 0 Å². The second-order valence-corrected chi connectivity index (χ2v) is 4.89. The number of methoxy groups -OCH3 is 1. The number of hydrogen-bond acceptors (Lipinski definition) is 3. The van der Waals surface area contributed by atoms with E-state index in [4.69, 9.17) is 9.47 Å². The largest absolute Gasteiger partial charge is 0.497 e. The Labute approximate surface area is 102 Å². The molecular weight excluding hydrogens is 216 g/mol. The first kappa shape index (κ1) is 12.4. The number of ether oxygens (including phenoxy) is 2. The lowest BCUT2D eigenvalue weighted by Gasteiger charge is -2.31. The van der Waals surface area contributed by atoms with Crippen LogP contribution >= 0.6 is 0 Å². The highest BCUT2D eigenvalue weighted by Gasteiger charge is 2.37. The lowest BCUT2D eigenvalue weighted by atomic mass is 9.80. The zero-order valence-corrected chi connectivity index (χ0v) is 10.7. The van der Waals surface area contributed by atoms with Gasteiger partial charge in [0.15, 0.2) is 0 Å². The van der Waals surface area contributed by atoms with E-state index < -0.39 is 5.60 Å². The van der Waals surface area contributed by atoms with E-state index in [0.717, 1.165) is 29.9 Å². The van der Waals surface area contributed by atoms with Crippen molar-refractivity contribution in [3.8, 4) is 5.75 Å². The molecule has 0 spiro atoms. The van der Waals surface area contributed by atoms with Gasteiger partial charge in [-0.1, -0.05) is 6.07 Å². The molecule has 3 nitrogen and oxygen atoms in total. The fraction of sp³-hybridized carbons (Fsp3) is 0.571. The van der Waals surface area contributed by atoms with Crippen LogP contribution in [0.15, 0.2) is 18.2 Å². The van der Waals surface area contributed by atoms with Crippen molar-refractivity contribution in [1.82, 2.24) is 0 Å². The molecule has 0 radical (unpaired) electrons. The maximum atomic E-state index is 10.7. The average molecular weight is 236 g/mol. The van der Waals surface area contributed by atoms with Gasteiger partial charge in [-0.05, 0) is 43.5 Å². The first-order valence-electron chi connectivity index (χ1n) is 6.01. The van der Waals surface area contributed by atoms with Gasteiger partial charge in [-0.25, -0.2) is 0 Å². The van der Waals surface area contributed by atoms with E-state index in [1.165, 1.54) is 0 Å². The molecule has 1 N–H and O–H groups in total. The Balaban J connectivity index is 2.31. The molecule has 3 heteroatoms. The van der Waals surface area contributed by atoms with Crippen LogP contribution in [-0.2, 0) is 10.3 Å². The molecule has 0 aromatic heterocycles. The molecule has 0 saturated carbocycles. The van der Waals surface area contributed by atoms with Gasteiger partial charge in [-0.15, -0.1) is 0 Å². The van der Waals surface area contributed by atoms with Gasteiger partial charge in [-0.3, -0.25) is 0 Å². The Morgan fingerprint density at radius 2 is 2.24 bits per heavy atom. The summed E-state index contributed by atoms with van der Waals surface area (Å²) in [4.78, 5) is 0. The molecule has 94 valence electrons. The molecule has 2 rings (SSSR count). The Morgan fingerprint density at radius 1 is 1.47 bits per heavy atom. The average Bonchev–Trinajstić information content (AvgIpc) is 2.82. The highest BCUT2D eigenvalue weighted by molar-refractivity contribution is 5.38. The lowest BCUT2D eigenvalue weighted by Crippen LogP contribution is -2.32. The second-order valence-electron chi connectivity index (χ2n) is 4.89. The summed E-state index contributed by atoms with van der Waals surface area (Å²) < 4.78 is 10.5. The van der Waals surface area contributed by atoms with Crippen LogP contribution < -0.4 is 4.74 Å². The molecule has 17 heavy (non-hydrogen) atoms. The quantitative estimate of drug-likeness (QED) is 0.874. The topological polar surface area (TPSA) is 38.7 Å². The van der Waals surface area contributed by atoms with Gasteiger partial charge in [0.05, 0.1) is 19.3 Å². The maximum absolute atomic E-state index is 10.7. The third-order valence-electron chi connectivity index (χ3n) is 3.70. The normalized spacial score (nSPS) is 23.4. The van der Waals surface area contributed by atoms with Crippen molar-refractivity contribution >= 4 is 0 Å². The van der Waals surface area contributed by atoms with Crippen molar-refractivity contribution < 1.29 is 14.6 Å². The molecule has 1 saturated heterocycles. The standard InChI is InChI=1S/C14H20O3/c1-10-8-12(16-3)4-5-13(10)14(2,15)11-6-7-17-9-11/h4-5,8,11,15H,6-7,9H2,1-3H3. The van der Waals surface area contributed by atoms with Crippen molar-refractivity contribution in [1.29, 1.82) is 0 Å². The molecule has 1 aromatic carbocycles. The fourth-order valence-corrected chi connectivity index (χ4v) is 2.53. The molecule has 0 bridgehead atoms. The van der Waals surface area contributed by atoms with Crippen molar-refractivity contribution in [3.05, 3.63) is 29.3 Å². The zero-order valence-electron chi connectivity index (χ0n) is 10.7. The number of hydrogen-bond donors (Lipinski definition) is 1. The summed E-state index contributed by atoms with van der Waals surface area (Å²) in [6, 6.07) is 5.80. The molecule has 0 aliphatic carbocycles. The number of aliphatic hydroxyl groups is 1. The molecule has 1 fully saturated rings. The fourth-order valence-electron chi connectivity index (χ4n) is 2.53. The van der Waals surface area contributed by atoms with E-state index in [1.807, 2.05) is 32.0 Å². The first-order valence-corrected chi connectivity index (χ1v) is 6.01. The highest BCUT2D eigenvalue weighted by atomic mass is 16.5. The van der Waals surface area contributed by atoms with Gasteiger partial charge >= 0.3 is 0 Å². The van der Waals surface area contributed by atoms with Crippen molar-refractivity contribution in [2.24, 2.45) is 5.92 Å². The van der Waals surface area contributed by atoms with Gasteiger partial charge < -0.3 is 14.6 Å². The van der Waals surface area contributed by atoms with E-state index in [2.05, 4.69) is 0 Å². The molecule has 2 unspecified atom stereocenters. The van der Waals surface area contributed by atoms with Crippen LogP contribution in [0.25, 0.3) is 0 Å². The van der Waals surface area contributed by atoms with Crippen molar-refractivity contribution in [3.63, 3.8) is 0 Å². The third kappa shape index (κ3) is 2.31. The van der Waals surface area contributed by atoms with Gasteiger partial charge in [0, 0.05) is 12.5 Å². The summed E-state index contributed by atoms with van der Waals surface area (Å²) in [6.07, 6.45) is 0.915. The molecule has 0 amide bonds. The number of benzene rings is 1. The molecule has 1 heterocycles. The summed E-state index contributed by atoms with van der Waals surface area (Å²) in [5.74, 6) is 0.999. The smallest absolute Gasteiger partial charge is 0.119 e. The van der Waals surface area contributed by atoms with Crippen LogP contribution in [0.5, 0.6) is 5.75 Å². The van der Waals surface area contributed by atoms with Crippen molar-refractivity contribution in [2.45, 2.75) is 25.9 Å². The van der Waals surface area contributed by atoms with E-state index >= 15 is 0 Å². The third-order valence-corrected chi connectivity index (χ3v) is 3.70. The predicted octanol–water partition coefficient (Wildman–Crippen LogP) is 2.25. The lowest BCUT2D eigenvalue weighted by molar-refractivity contribution is -0.0102. The van der Waals surface area contributed by atoms with Crippen LogP contribution in [0, 0.1) is 12.8 Å². The van der Waals surface area contributed by atoms with E-state index in [0.29, 0.717) is 6.61 Å². The minimum absolute atomic E-state index is 0.176. The summed E-state index contributed by atoms with van der Waals surface area (Å²) in [6.45, 7) is 5.26. The molecule has 1 aliphatic rings. The minimum Gasteiger partial charge on any atom is -0.497 e. The molecule has 2 atom stereocenters. The maximum Gasteiger partial charge on any atom is 0.119 e. The molecule has 1 aliphatic heterocycles.